The van der Waals surface area contributed by atoms with Gasteiger partial charge in [0.25, 0.3) is 5.91 Å². The number of halogens is 3. The molecule has 0 spiro atoms. The van der Waals surface area contributed by atoms with Crippen molar-refractivity contribution in [3.05, 3.63) is 54.2 Å². The number of aryl methyl sites for hydroxylation is 2. The third-order valence-electron chi connectivity index (χ3n) is 3.88. The van der Waals surface area contributed by atoms with Crippen LogP contribution in [0.2, 0.25) is 0 Å². The van der Waals surface area contributed by atoms with Gasteiger partial charge in [-0.25, -0.2) is 4.98 Å². The second-order valence-electron chi connectivity index (χ2n) is 5.95. The molecule has 1 N–H and O–H groups in total. The maximum Gasteiger partial charge on any atom is 0.573 e. The molecule has 0 fully saturated rings. The van der Waals surface area contributed by atoms with E-state index in [1.54, 1.807) is 19.4 Å². The molecule has 7 nitrogen and oxygen atoms in total. The van der Waals surface area contributed by atoms with Crippen LogP contribution in [-0.4, -0.2) is 33.5 Å². The lowest BCUT2D eigenvalue weighted by Gasteiger charge is -2.09. The Morgan fingerprint density at radius 3 is 2.68 bits per heavy atom. The molecule has 10 heteroatoms. The smallest absolute Gasteiger partial charge is 0.406 e. The van der Waals surface area contributed by atoms with Gasteiger partial charge >= 0.3 is 6.36 Å². The topological polar surface area (TPSA) is 82.2 Å². The van der Waals surface area contributed by atoms with Crippen LogP contribution in [0.15, 0.2) is 47.5 Å². The Bertz CT molecular complexity index is 919. The quantitative estimate of drug-likeness (QED) is 0.620. The summed E-state index contributed by atoms with van der Waals surface area (Å²) >= 11 is 0. The fraction of sp³-hybridized carbons (Fsp3) is 0.278. The van der Waals surface area contributed by atoms with Gasteiger partial charge in [-0.15, -0.1) is 13.2 Å². The van der Waals surface area contributed by atoms with E-state index in [0.717, 1.165) is 12.1 Å². The highest BCUT2D eigenvalue weighted by Crippen LogP contribution is 2.29. The van der Waals surface area contributed by atoms with Gasteiger partial charge in [0.15, 0.2) is 5.76 Å². The number of ether oxygens (including phenoxy) is 1. The summed E-state index contributed by atoms with van der Waals surface area (Å²) in [4.78, 5) is 16.5. The van der Waals surface area contributed by atoms with Crippen molar-refractivity contribution in [3.8, 4) is 17.1 Å². The lowest BCUT2D eigenvalue weighted by Crippen LogP contribution is -2.26. The molecule has 3 rings (SSSR count). The van der Waals surface area contributed by atoms with Crippen LogP contribution >= 0.6 is 0 Å². The number of benzene rings is 1. The normalized spacial score (nSPS) is 11.4. The Morgan fingerprint density at radius 1 is 1.29 bits per heavy atom. The van der Waals surface area contributed by atoms with Crippen molar-refractivity contribution in [1.82, 2.24) is 20.0 Å². The van der Waals surface area contributed by atoms with E-state index in [1.807, 2.05) is 10.8 Å². The third kappa shape index (κ3) is 4.90. The maximum atomic E-state index is 12.5. The second-order valence-corrected chi connectivity index (χ2v) is 5.95. The van der Waals surface area contributed by atoms with Gasteiger partial charge in [0.1, 0.15) is 11.3 Å². The Balaban J connectivity index is 1.66. The molecule has 0 radical (unpaired) electrons. The number of carbonyl (C=O) groups is 1. The SMILES string of the molecule is Cc1noc(-c2ccc(OC(F)(F)F)cc2)c1C(=O)NCCCn1ccnc1. The number of nitrogens with one attached hydrogen (secondary N) is 1. The van der Waals surface area contributed by atoms with Crippen LogP contribution in [0.4, 0.5) is 13.2 Å². The van der Waals surface area contributed by atoms with E-state index in [9.17, 15) is 18.0 Å². The Labute approximate surface area is 158 Å². The molecular formula is C18H17F3N4O3. The molecule has 0 bridgehead atoms. The minimum atomic E-state index is -4.77. The number of alkyl halides is 3. The van der Waals surface area contributed by atoms with Crippen LogP contribution in [0.1, 0.15) is 22.5 Å². The van der Waals surface area contributed by atoms with Gasteiger partial charge in [0.05, 0.1) is 12.0 Å². The molecule has 0 unspecified atom stereocenters. The summed E-state index contributed by atoms with van der Waals surface area (Å²) < 4.78 is 47.8. The molecule has 0 saturated carbocycles. The van der Waals surface area contributed by atoms with Crippen LogP contribution in [0, 0.1) is 6.92 Å². The summed E-state index contributed by atoms with van der Waals surface area (Å²) in [7, 11) is 0. The molecule has 3 aromatic rings. The highest BCUT2D eigenvalue weighted by atomic mass is 19.4. The van der Waals surface area contributed by atoms with Crippen molar-refractivity contribution in [2.24, 2.45) is 0 Å². The summed E-state index contributed by atoms with van der Waals surface area (Å²) in [6.45, 7) is 2.75. The summed E-state index contributed by atoms with van der Waals surface area (Å²) in [6.07, 6.45) is 1.13. The molecule has 148 valence electrons. The molecule has 2 heterocycles. The molecular weight excluding hydrogens is 377 g/mol. The Hall–Kier alpha value is -3.30. The Kier molecular flexibility index (Phi) is 5.67. The number of hydrogen-bond donors (Lipinski definition) is 1. The monoisotopic (exact) mass is 394 g/mol. The van der Waals surface area contributed by atoms with Crippen molar-refractivity contribution in [3.63, 3.8) is 0 Å². The highest BCUT2D eigenvalue weighted by molar-refractivity contribution is 6.00. The van der Waals surface area contributed by atoms with E-state index in [1.165, 1.54) is 12.1 Å². The van der Waals surface area contributed by atoms with E-state index in [2.05, 4.69) is 20.2 Å². The molecule has 2 aromatic heterocycles. The van der Waals surface area contributed by atoms with Crippen molar-refractivity contribution in [2.45, 2.75) is 26.3 Å². The fourth-order valence-electron chi connectivity index (χ4n) is 2.61. The first-order valence-corrected chi connectivity index (χ1v) is 8.40. The molecule has 28 heavy (non-hydrogen) atoms. The summed E-state index contributed by atoms with van der Waals surface area (Å²) in [5, 5.41) is 6.60. The van der Waals surface area contributed by atoms with Gasteiger partial charge in [-0.3, -0.25) is 4.79 Å². The molecule has 1 aromatic carbocycles. The predicted molar refractivity (Wildman–Crippen MR) is 92.5 cm³/mol. The number of nitrogens with zero attached hydrogens (tertiary/aromatic N) is 3. The fourth-order valence-corrected chi connectivity index (χ4v) is 2.61. The zero-order valence-electron chi connectivity index (χ0n) is 14.9. The standard InChI is InChI=1S/C18H17F3N4O3/c1-12-15(17(26)23-7-2-9-25-10-8-22-11-25)16(28-24-12)13-3-5-14(6-4-13)27-18(19,20)21/h3-6,8,10-11H,2,7,9H2,1H3,(H,23,26). The van der Waals surface area contributed by atoms with Crippen LogP contribution in [0.3, 0.4) is 0 Å². The third-order valence-corrected chi connectivity index (χ3v) is 3.88. The van der Waals surface area contributed by atoms with E-state index < -0.39 is 6.36 Å². The number of rotatable bonds is 7. The van der Waals surface area contributed by atoms with Crippen molar-refractivity contribution in [1.29, 1.82) is 0 Å². The van der Waals surface area contributed by atoms with Gasteiger partial charge in [0.2, 0.25) is 0 Å². The summed E-state index contributed by atoms with van der Waals surface area (Å²) in [5.41, 5.74) is 1.04. The Morgan fingerprint density at radius 2 is 2.04 bits per heavy atom. The molecule has 0 aliphatic carbocycles. The lowest BCUT2D eigenvalue weighted by atomic mass is 10.1. The van der Waals surface area contributed by atoms with Crippen molar-refractivity contribution in [2.75, 3.05) is 6.54 Å². The molecule has 0 saturated heterocycles. The largest absolute Gasteiger partial charge is 0.573 e. The zero-order valence-corrected chi connectivity index (χ0v) is 14.9. The van der Waals surface area contributed by atoms with Crippen LogP contribution in [0.5, 0.6) is 5.75 Å². The number of imidazole rings is 1. The minimum Gasteiger partial charge on any atom is -0.406 e. The van der Waals surface area contributed by atoms with Gasteiger partial charge in [-0.1, -0.05) is 5.16 Å². The first kappa shape index (κ1) is 19.5. The van der Waals surface area contributed by atoms with Crippen molar-refractivity contribution < 1.29 is 27.2 Å². The molecule has 0 aliphatic heterocycles. The minimum absolute atomic E-state index is 0.183. The van der Waals surface area contributed by atoms with E-state index >= 15 is 0 Å². The van der Waals surface area contributed by atoms with Crippen LogP contribution < -0.4 is 10.1 Å². The number of aromatic nitrogens is 3. The summed E-state index contributed by atoms with van der Waals surface area (Å²) in [6, 6.07) is 5.04. The highest BCUT2D eigenvalue weighted by Gasteiger charge is 2.31. The lowest BCUT2D eigenvalue weighted by molar-refractivity contribution is -0.274. The maximum absolute atomic E-state index is 12.5. The van der Waals surface area contributed by atoms with E-state index in [-0.39, 0.29) is 23.0 Å². The van der Waals surface area contributed by atoms with Gasteiger partial charge < -0.3 is 19.1 Å². The first-order valence-electron chi connectivity index (χ1n) is 8.40. The average molecular weight is 394 g/mol. The molecule has 0 aliphatic rings. The van der Waals surface area contributed by atoms with Gasteiger partial charge in [-0.05, 0) is 37.6 Å². The average Bonchev–Trinajstić information content (AvgIpc) is 3.27. The van der Waals surface area contributed by atoms with Gasteiger partial charge in [0, 0.05) is 31.0 Å². The zero-order chi connectivity index (χ0) is 20.1. The number of hydrogen-bond acceptors (Lipinski definition) is 5. The predicted octanol–water partition coefficient (Wildman–Crippen LogP) is 3.57. The first-order chi connectivity index (χ1) is 13.3. The molecule has 1 amide bonds. The molecule has 0 atom stereocenters. The van der Waals surface area contributed by atoms with Crippen LogP contribution in [-0.2, 0) is 6.54 Å². The second kappa shape index (κ2) is 8.15. The number of carbonyl (C=O) groups excluding carboxylic acids is 1. The van der Waals surface area contributed by atoms with Gasteiger partial charge in [-0.2, -0.15) is 0 Å². The van der Waals surface area contributed by atoms with E-state index in [0.29, 0.717) is 30.8 Å². The number of amides is 1. The summed E-state index contributed by atoms with van der Waals surface area (Å²) in [5.74, 6) is -0.545. The van der Waals surface area contributed by atoms with E-state index in [4.69, 9.17) is 4.52 Å². The van der Waals surface area contributed by atoms with Crippen molar-refractivity contribution >= 4 is 5.91 Å². The van der Waals surface area contributed by atoms with Crippen LogP contribution in [0.25, 0.3) is 11.3 Å².